The van der Waals surface area contributed by atoms with Gasteiger partial charge < -0.3 is 9.88 Å². The molecule has 7 rings (SSSR count). The summed E-state index contributed by atoms with van der Waals surface area (Å²) < 4.78 is 2.19. The zero-order chi connectivity index (χ0) is 26.6. The van der Waals surface area contributed by atoms with Gasteiger partial charge in [-0.25, -0.2) is 0 Å². The number of halogens is 2. The summed E-state index contributed by atoms with van der Waals surface area (Å²) in [7, 11) is 0. The number of aryl methyl sites for hydroxylation is 1. The van der Waals surface area contributed by atoms with E-state index in [1.807, 2.05) is 19.1 Å². The van der Waals surface area contributed by atoms with Crippen molar-refractivity contribution in [3.63, 3.8) is 0 Å². The van der Waals surface area contributed by atoms with E-state index in [4.69, 9.17) is 23.2 Å². The number of nitrogens with one attached hydrogen (secondary N) is 1. The standard InChI is InChI=1S/C32H31Cl2N3O/c1-19-10-24(14-25(18-35)31(38)36-29-5-3-4-28(33)30(29)34)20(2)37(19)27-8-6-26(7-9-27)32-15-21-11-22(16-32)13-23(12-21)17-32/h3-10,14,21-23H,11-13,15-17H2,1-2H3,(H,36,38). The largest absolute Gasteiger partial charge is 0.320 e. The van der Waals surface area contributed by atoms with Gasteiger partial charge in [-0.1, -0.05) is 41.4 Å². The molecule has 1 aromatic heterocycles. The van der Waals surface area contributed by atoms with Gasteiger partial charge in [0.25, 0.3) is 5.91 Å². The van der Waals surface area contributed by atoms with E-state index in [1.54, 1.807) is 24.3 Å². The molecule has 1 amide bonds. The number of rotatable bonds is 5. The zero-order valence-electron chi connectivity index (χ0n) is 21.7. The Labute approximate surface area is 234 Å². The van der Waals surface area contributed by atoms with Crippen molar-refractivity contribution in [2.75, 3.05) is 5.32 Å². The van der Waals surface area contributed by atoms with Crippen LogP contribution in [0.1, 0.15) is 61.0 Å². The van der Waals surface area contributed by atoms with Crippen LogP contribution >= 0.6 is 23.2 Å². The summed E-state index contributed by atoms with van der Waals surface area (Å²) in [6.07, 6.45) is 10.0. The molecule has 6 heteroatoms. The number of aromatic nitrogens is 1. The second-order valence-corrected chi connectivity index (χ2v) is 12.4. The molecular weight excluding hydrogens is 513 g/mol. The average molecular weight is 545 g/mol. The molecule has 194 valence electrons. The van der Waals surface area contributed by atoms with E-state index >= 15 is 0 Å². The Bertz CT molecular complexity index is 1460. The predicted molar refractivity (Wildman–Crippen MR) is 154 cm³/mol. The van der Waals surface area contributed by atoms with Crippen LogP contribution in [0.25, 0.3) is 11.8 Å². The van der Waals surface area contributed by atoms with Crippen LogP contribution in [-0.4, -0.2) is 10.5 Å². The number of carbonyl (C=O) groups excluding carboxylic acids is 1. The van der Waals surface area contributed by atoms with Crippen LogP contribution in [0.4, 0.5) is 5.69 Å². The minimum atomic E-state index is -0.526. The lowest BCUT2D eigenvalue weighted by molar-refractivity contribution is -0.112. The molecule has 0 aliphatic heterocycles. The highest BCUT2D eigenvalue weighted by atomic mass is 35.5. The van der Waals surface area contributed by atoms with Crippen LogP contribution in [0.2, 0.25) is 10.0 Å². The molecule has 2 aromatic carbocycles. The molecular formula is C32H31Cl2N3O. The lowest BCUT2D eigenvalue weighted by Crippen LogP contribution is -2.48. The molecule has 3 aromatic rings. The quantitative estimate of drug-likeness (QED) is 0.259. The van der Waals surface area contributed by atoms with Gasteiger partial charge in [-0.3, -0.25) is 4.79 Å². The summed E-state index contributed by atoms with van der Waals surface area (Å²) >= 11 is 12.3. The fourth-order valence-corrected chi connectivity index (χ4v) is 8.20. The molecule has 4 aliphatic rings. The van der Waals surface area contributed by atoms with E-state index in [0.717, 1.165) is 40.4 Å². The monoisotopic (exact) mass is 543 g/mol. The van der Waals surface area contributed by atoms with Crippen LogP contribution in [0, 0.1) is 42.9 Å². The molecule has 0 radical (unpaired) electrons. The van der Waals surface area contributed by atoms with Gasteiger partial charge in [0.2, 0.25) is 0 Å². The van der Waals surface area contributed by atoms with E-state index in [0.29, 0.717) is 16.1 Å². The van der Waals surface area contributed by atoms with Crippen molar-refractivity contribution in [1.82, 2.24) is 4.57 Å². The third kappa shape index (κ3) is 4.36. The highest BCUT2D eigenvalue weighted by Gasteiger charge is 2.51. The Morgan fingerprint density at radius 1 is 1.03 bits per heavy atom. The molecule has 1 N–H and O–H groups in total. The summed E-state index contributed by atoms with van der Waals surface area (Å²) in [5.41, 5.74) is 6.21. The van der Waals surface area contributed by atoms with Gasteiger partial charge in [0.1, 0.15) is 11.6 Å². The summed E-state index contributed by atoms with van der Waals surface area (Å²) in [6, 6.07) is 18.2. The molecule has 4 bridgehead atoms. The third-order valence-corrected chi connectivity index (χ3v) is 9.93. The van der Waals surface area contributed by atoms with Crippen molar-refractivity contribution < 1.29 is 4.79 Å². The van der Waals surface area contributed by atoms with Gasteiger partial charge in [-0.15, -0.1) is 0 Å². The third-order valence-electron chi connectivity index (χ3n) is 9.11. The van der Waals surface area contributed by atoms with Crippen LogP contribution in [0.15, 0.2) is 54.1 Å². The fraction of sp³-hybridized carbons (Fsp3) is 0.375. The summed E-state index contributed by atoms with van der Waals surface area (Å²) in [5.74, 6) is 2.24. The summed E-state index contributed by atoms with van der Waals surface area (Å²) in [4.78, 5) is 12.9. The number of nitrogens with zero attached hydrogens (tertiary/aromatic N) is 2. The predicted octanol–water partition coefficient (Wildman–Crippen LogP) is 8.41. The average Bonchev–Trinajstić information content (AvgIpc) is 3.16. The second-order valence-electron chi connectivity index (χ2n) is 11.6. The number of hydrogen-bond acceptors (Lipinski definition) is 2. The Morgan fingerprint density at radius 3 is 2.26 bits per heavy atom. The van der Waals surface area contributed by atoms with Crippen LogP contribution in [0.3, 0.4) is 0 Å². The SMILES string of the molecule is Cc1cc(C=C(C#N)C(=O)Nc2cccc(Cl)c2Cl)c(C)n1-c1ccc(C23CC4CC(CC(C4)C2)C3)cc1. The highest BCUT2D eigenvalue weighted by molar-refractivity contribution is 6.44. The summed E-state index contributed by atoms with van der Waals surface area (Å²) in [6.45, 7) is 4.07. The second kappa shape index (κ2) is 9.63. The van der Waals surface area contributed by atoms with Crippen molar-refractivity contribution >= 4 is 40.9 Å². The van der Waals surface area contributed by atoms with Gasteiger partial charge in [-0.2, -0.15) is 5.26 Å². The van der Waals surface area contributed by atoms with Gasteiger partial charge in [0, 0.05) is 17.1 Å². The van der Waals surface area contributed by atoms with Crippen LogP contribution < -0.4 is 5.32 Å². The van der Waals surface area contributed by atoms with E-state index in [-0.39, 0.29) is 10.6 Å². The first-order chi connectivity index (χ1) is 18.3. The van der Waals surface area contributed by atoms with Crippen molar-refractivity contribution in [2.45, 2.75) is 57.8 Å². The van der Waals surface area contributed by atoms with Gasteiger partial charge in [0.05, 0.1) is 15.7 Å². The number of amides is 1. The van der Waals surface area contributed by atoms with Crippen molar-refractivity contribution in [3.05, 3.63) is 86.7 Å². The zero-order valence-corrected chi connectivity index (χ0v) is 23.2. The van der Waals surface area contributed by atoms with E-state index < -0.39 is 5.91 Å². The molecule has 4 saturated carbocycles. The van der Waals surface area contributed by atoms with Crippen molar-refractivity contribution in [1.29, 1.82) is 5.26 Å². The minimum Gasteiger partial charge on any atom is -0.320 e. The van der Waals surface area contributed by atoms with Gasteiger partial charge >= 0.3 is 0 Å². The molecule has 0 saturated heterocycles. The first-order valence-electron chi connectivity index (χ1n) is 13.4. The molecule has 38 heavy (non-hydrogen) atoms. The topological polar surface area (TPSA) is 57.8 Å². The Balaban J connectivity index is 1.26. The first-order valence-corrected chi connectivity index (χ1v) is 14.2. The maximum atomic E-state index is 12.9. The van der Waals surface area contributed by atoms with Crippen molar-refractivity contribution in [3.8, 4) is 11.8 Å². The van der Waals surface area contributed by atoms with Crippen LogP contribution in [0.5, 0.6) is 0 Å². The molecule has 4 aliphatic carbocycles. The minimum absolute atomic E-state index is 0.00143. The number of nitriles is 1. The fourth-order valence-electron chi connectivity index (χ4n) is 7.85. The van der Waals surface area contributed by atoms with Gasteiger partial charge in [0.15, 0.2) is 0 Å². The molecule has 0 atom stereocenters. The molecule has 4 nitrogen and oxygen atoms in total. The number of anilines is 1. The maximum Gasteiger partial charge on any atom is 0.266 e. The first kappa shape index (κ1) is 25.3. The molecule has 4 fully saturated rings. The number of benzene rings is 2. The molecule has 1 heterocycles. The van der Waals surface area contributed by atoms with E-state index in [1.165, 1.54) is 44.1 Å². The van der Waals surface area contributed by atoms with Crippen molar-refractivity contribution in [2.24, 2.45) is 17.8 Å². The highest BCUT2D eigenvalue weighted by Crippen LogP contribution is 2.60. The number of carbonyl (C=O) groups is 1. The lowest BCUT2D eigenvalue weighted by atomic mass is 9.48. The van der Waals surface area contributed by atoms with Gasteiger partial charge in [-0.05, 0) is 123 Å². The van der Waals surface area contributed by atoms with E-state index in [9.17, 15) is 10.1 Å². The van der Waals surface area contributed by atoms with Crippen LogP contribution in [-0.2, 0) is 10.2 Å². The normalized spacial score (nSPS) is 25.9. The Morgan fingerprint density at radius 2 is 1.66 bits per heavy atom. The maximum absolute atomic E-state index is 12.9. The smallest absolute Gasteiger partial charge is 0.266 e. The Kier molecular flexibility index (Phi) is 6.41. The number of hydrogen-bond donors (Lipinski definition) is 1. The lowest BCUT2D eigenvalue weighted by Gasteiger charge is -2.57. The van der Waals surface area contributed by atoms with E-state index in [2.05, 4.69) is 41.1 Å². The molecule has 0 unspecified atom stereocenters. The molecule has 0 spiro atoms. The summed E-state index contributed by atoms with van der Waals surface area (Å²) in [5, 5.41) is 13.0. The Hall–Kier alpha value is -3.00.